The molecule has 0 spiro atoms. The van der Waals surface area contributed by atoms with Crippen LogP contribution in [0.1, 0.15) is 28.4 Å². The minimum atomic E-state index is -4.95. The molecule has 1 atom stereocenters. The second-order valence-corrected chi connectivity index (χ2v) is 9.66. The van der Waals surface area contributed by atoms with Crippen molar-refractivity contribution in [3.8, 4) is 28.7 Å². The van der Waals surface area contributed by atoms with Gasteiger partial charge >= 0.3 is 11.9 Å². The molecule has 4 aromatic rings. The number of nitrogens with zero attached hydrogens (tertiary/aromatic N) is 3. The molecule has 230 valence electrons. The Morgan fingerprint density at radius 2 is 1.66 bits per heavy atom. The number of para-hydroxylation sites is 1. The van der Waals surface area contributed by atoms with Crippen molar-refractivity contribution in [3.05, 3.63) is 116 Å². The summed E-state index contributed by atoms with van der Waals surface area (Å²) in [6.07, 6.45) is -4.95. The van der Waals surface area contributed by atoms with Crippen molar-refractivity contribution in [2.45, 2.75) is 32.2 Å². The van der Waals surface area contributed by atoms with Gasteiger partial charge in [0.2, 0.25) is 0 Å². The first-order valence-corrected chi connectivity index (χ1v) is 13.2. The highest BCUT2D eigenvalue weighted by Crippen LogP contribution is 2.34. The lowest BCUT2D eigenvalue weighted by Gasteiger charge is -2.23. The van der Waals surface area contributed by atoms with Crippen LogP contribution in [0.2, 0.25) is 0 Å². The molecule has 0 amide bonds. The van der Waals surface area contributed by atoms with E-state index in [0.717, 1.165) is 21.3 Å². The first-order valence-electron chi connectivity index (χ1n) is 13.2. The number of halogens is 5. The Morgan fingerprint density at radius 3 is 2.32 bits per heavy atom. The number of rotatable bonds is 10. The number of nitrogens with one attached hydrogen (secondary N) is 1. The van der Waals surface area contributed by atoms with Gasteiger partial charge in [0.05, 0.1) is 37.4 Å². The number of nitriles is 1. The molecule has 0 aliphatic rings. The molecule has 0 saturated heterocycles. The van der Waals surface area contributed by atoms with Gasteiger partial charge in [0, 0.05) is 22.4 Å². The maximum atomic E-state index is 15.5. The summed E-state index contributed by atoms with van der Waals surface area (Å²) in [5, 5.41) is 11.9. The quantitative estimate of drug-likeness (QED) is 0.247. The SMILES string of the molecule is CNC(Cn1c(=O)c(-c2cccc(OC)c2F)c(C)n(Cc2c(F)cccc2C(F)(F)F)c1=O)c1ccccc1OCC#N. The van der Waals surface area contributed by atoms with Gasteiger partial charge in [0.15, 0.2) is 18.2 Å². The van der Waals surface area contributed by atoms with Gasteiger partial charge in [0.1, 0.15) is 17.6 Å². The molecular formula is C31H27F5N4O4. The highest BCUT2D eigenvalue weighted by Gasteiger charge is 2.35. The molecule has 1 N–H and O–H groups in total. The lowest BCUT2D eigenvalue weighted by Crippen LogP contribution is -2.44. The highest BCUT2D eigenvalue weighted by molar-refractivity contribution is 5.67. The molecule has 1 heterocycles. The molecule has 0 bridgehead atoms. The molecule has 3 aromatic carbocycles. The van der Waals surface area contributed by atoms with Gasteiger partial charge in [-0.05, 0) is 38.2 Å². The highest BCUT2D eigenvalue weighted by atomic mass is 19.4. The Bertz CT molecular complexity index is 1840. The van der Waals surface area contributed by atoms with E-state index in [4.69, 9.17) is 14.7 Å². The third-order valence-corrected chi connectivity index (χ3v) is 7.18. The van der Waals surface area contributed by atoms with E-state index in [1.54, 1.807) is 31.3 Å². The smallest absolute Gasteiger partial charge is 0.416 e. The molecule has 44 heavy (non-hydrogen) atoms. The number of aromatic nitrogens is 2. The fourth-order valence-corrected chi connectivity index (χ4v) is 5.00. The molecule has 0 saturated carbocycles. The van der Waals surface area contributed by atoms with Gasteiger partial charge in [-0.2, -0.15) is 18.4 Å². The van der Waals surface area contributed by atoms with E-state index < -0.39 is 52.8 Å². The van der Waals surface area contributed by atoms with E-state index >= 15 is 4.39 Å². The zero-order chi connectivity index (χ0) is 32.2. The van der Waals surface area contributed by atoms with E-state index in [1.165, 1.54) is 32.2 Å². The topological polar surface area (TPSA) is 98.3 Å². The zero-order valence-electron chi connectivity index (χ0n) is 23.8. The number of methoxy groups -OCH3 is 1. The van der Waals surface area contributed by atoms with E-state index in [9.17, 15) is 27.2 Å². The second-order valence-electron chi connectivity index (χ2n) is 9.66. The largest absolute Gasteiger partial charge is 0.494 e. The Balaban J connectivity index is 2.00. The maximum Gasteiger partial charge on any atom is 0.416 e. The van der Waals surface area contributed by atoms with Crippen LogP contribution in [0.5, 0.6) is 11.5 Å². The second kappa shape index (κ2) is 13.1. The fraction of sp³-hybridized carbons (Fsp3) is 0.258. The summed E-state index contributed by atoms with van der Waals surface area (Å²) in [6, 6.07) is 14.0. The minimum Gasteiger partial charge on any atom is -0.494 e. The van der Waals surface area contributed by atoms with Crippen molar-refractivity contribution in [1.29, 1.82) is 5.26 Å². The predicted molar refractivity (Wildman–Crippen MR) is 151 cm³/mol. The van der Waals surface area contributed by atoms with Crippen molar-refractivity contribution in [2.24, 2.45) is 0 Å². The average molecular weight is 615 g/mol. The van der Waals surface area contributed by atoms with Crippen LogP contribution >= 0.6 is 0 Å². The van der Waals surface area contributed by atoms with Crippen LogP contribution in [-0.2, 0) is 19.3 Å². The first kappa shape index (κ1) is 32.0. The van der Waals surface area contributed by atoms with E-state index in [0.29, 0.717) is 11.6 Å². The summed E-state index contributed by atoms with van der Waals surface area (Å²) in [5.41, 5.74) is -4.42. The van der Waals surface area contributed by atoms with Crippen molar-refractivity contribution in [3.63, 3.8) is 0 Å². The molecule has 1 aromatic heterocycles. The molecule has 0 aliphatic carbocycles. The number of hydrogen-bond donors (Lipinski definition) is 1. The van der Waals surface area contributed by atoms with Gasteiger partial charge in [-0.1, -0.05) is 36.4 Å². The summed E-state index contributed by atoms with van der Waals surface area (Å²) >= 11 is 0. The Kier molecular flexibility index (Phi) is 9.54. The van der Waals surface area contributed by atoms with E-state index in [1.807, 2.05) is 6.07 Å². The van der Waals surface area contributed by atoms with Crippen LogP contribution < -0.4 is 26.0 Å². The van der Waals surface area contributed by atoms with Crippen LogP contribution in [0.4, 0.5) is 22.0 Å². The third kappa shape index (κ3) is 6.21. The van der Waals surface area contributed by atoms with Gasteiger partial charge in [-0.25, -0.2) is 13.6 Å². The summed E-state index contributed by atoms with van der Waals surface area (Å²) in [7, 11) is 2.76. The molecule has 13 heteroatoms. The molecule has 0 aliphatic heterocycles. The molecule has 8 nitrogen and oxygen atoms in total. The van der Waals surface area contributed by atoms with Gasteiger partial charge in [0.25, 0.3) is 5.56 Å². The Hall–Kier alpha value is -4.96. The predicted octanol–water partition coefficient (Wildman–Crippen LogP) is 5.20. The van der Waals surface area contributed by atoms with Crippen LogP contribution in [0.25, 0.3) is 11.1 Å². The monoisotopic (exact) mass is 614 g/mol. The van der Waals surface area contributed by atoms with E-state index in [-0.39, 0.29) is 41.5 Å². The summed E-state index contributed by atoms with van der Waals surface area (Å²) in [5.74, 6) is -2.08. The lowest BCUT2D eigenvalue weighted by molar-refractivity contribution is -0.138. The normalized spacial score (nSPS) is 12.1. The summed E-state index contributed by atoms with van der Waals surface area (Å²) in [6.45, 7) is -0.301. The van der Waals surface area contributed by atoms with Gasteiger partial charge in [-0.3, -0.25) is 13.9 Å². The number of likely N-dealkylation sites (N-methyl/N-ethyl adjacent to an activating group) is 1. The maximum absolute atomic E-state index is 15.5. The Labute approximate surface area is 248 Å². The number of hydrogen-bond acceptors (Lipinski definition) is 6. The molecule has 0 fully saturated rings. The molecule has 4 rings (SSSR count). The number of alkyl halides is 3. The zero-order valence-corrected chi connectivity index (χ0v) is 23.8. The molecule has 1 unspecified atom stereocenters. The van der Waals surface area contributed by atoms with Crippen LogP contribution in [0.15, 0.2) is 70.3 Å². The summed E-state index contributed by atoms with van der Waals surface area (Å²) in [4.78, 5) is 27.9. The Morgan fingerprint density at radius 1 is 0.977 bits per heavy atom. The van der Waals surface area contributed by atoms with Crippen LogP contribution in [0, 0.1) is 29.9 Å². The molecular weight excluding hydrogens is 587 g/mol. The standard InChI is InChI=1S/C31H27F5N4O4/c1-18-27(20-9-6-13-26(43-3)28(20)33)29(41)40(17-24(38-2)19-8-4-5-12-25(19)44-15-14-37)30(42)39(18)16-21-22(31(34,35)36)10-7-11-23(21)32/h4-13,24,38H,15-17H2,1-3H3. The average Bonchev–Trinajstić information content (AvgIpc) is 2.99. The lowest BCUT2D eigenvalue weighted by atomic mass is 10.0. The van der Waals surface area contributed by atoms with Crippen molar-refractivity contribution in [2.75, 3.05) is 20.8 Å². The minimum absolute atomic E-state index is 0.182. The van der Waals surface area contributed by atoms with Gasteiger partial charge in [-0.15, -0.1) is 0 Å². The number of ether oxygens (including phenoxy) is 2. The van der Waals surface area contributed by atoms with E-state index in [2.05, 4.69) is 5.32 Å². The third-order valence-electron chi connectivity index (χ3n) is 7.18. The van der Waals surface area contributed by atoms with Crippen LogP contribution in [0.3, 0.4) is 0 Å². The van der Waals surface area contributed by atoms with Crippen LogP contribution in [-0.4, -0.2) is 29.9 Å². The van der Waals surface area contributed by atoms with Gasteiger partial charge < -0.3 is 14.8 Å². The van der Waals surface area contributed by atoms with Crippen molar-refractivity contribution >= 4 is 0 Å². The first-order chi connectivity index (χ1) is 20.9. The number of benzene rings is 3. The molecule has 0 radical (unpaired) electrons. The van der Waals surface area contributed by atoms with Crippen molar-refractivity contribution < 1.29 is 31.4 Å². The van der Waals surface area contributed by atoms with Crippen molar-refractivity contribution in [1.82, 2.24) is 14.5 Å². The summed E-state index contributed by atoms with van der Waals surface area (Å²) < 4.78 is 84.2. The fourth-order valence-electron chi connectivity index (χ4n) is 5.00.